The molecule has 0 saturated carbocycles. The van der Waals surface area contributed by atoms with Gasteiger partial charge in [0.1, 0.15) is 0 Å². The van der Waals surface area contributed by atoms with Crippen LogP contribution in [0.4, 0.5) is 0 Å². The standard InChI is InChI=1S/2C36H22N2S/c1-5-14-29-24(10-1)25-11-2-6-15-30(25)37(29)23-20-21-32-28(22-23)26-12-3-7-16-31(26)38(32)33-17-9-19-35-36(33)27-13-4-8-18-34(27)39-35;1-5-13-31-25(9-1)26-10-2-6-14-32(26)37(31)23-18-20-34-30(21-23)27-11-3-7-15-33(27)38(34)24-17-19-29-28-12-4-8-16-35(28)39-36(29)22-24/h2*1-22H. The molecule has 0 amide bonds. The number of rotatable bonds is 4. The van der Waals surface area contributed by atoms with Crippen molar-refractivity contribution in [3.05, 3.63) is 267 Å². The second kappa shape index (κ2) is 16.9. The average Bonchev–Trinajstić information content (AvgIpc) is 4.44. The lowest BCUT2D eigenvalue weighted by atomic mass is 10.1. The minimum atomic E-state index is 1.18. The van der Waals surface area contributed by atoms with Crippen molar-refractivity contribution >= 4 is 150 Å². The number of thiophene rings is 2. The summed E-state index contributed by atoms with van der Waals surface area (Å²) in [7, 11) is 0. The first-order valence-corrected chi connectivity index (χ1v) is 28.2. The van der Waals surface area contributed by atoms with E-state index in [9.17, 15) is 0 Å². The second-order valence-corrected chi connectivity index (χ2v) is 22.5. The number of hydrogen-bond acceptors (Lipinski definition) is 2. The maximum atomic E-state index is 2.46. The van der Waals surface area contributed by atoms with Crippen LogP contribution in [0.15, 0.2) is 267 Å². The SMILES string of the molecule is c1ccc2c(c1)sc1cc(-n3c4ccccc4c4cc(-n5c6ccccc6c6ccccc65)ccc43)ccc12.c1ccc2c(c1)sc1cccc(-n3c4ccccc4c4cc(-n5c6ccccc6c6ccccc65)ccc43)c12. The van der Waals surface area contributed by atoms with Crippen LogP contribution in [-0.4, -0.2) is 18.3 Å². The van der Waals surface area contributed by atoms with Crippen molar-refractivity contribution in [1.82, 2.24) is 18.3 Å². The first kappa shape index (κ1) is 43.5. The minimum Gasteiger partial charge on any atom is -0.309 e. The van der Waals surface area contributed by atoms with Crippen LogP contribution in [-0.2, 0) is 0 Å². The third-order valence-corrected chi connectivity index (χ3v) is 18.5. The Morgan fingerprint density at radius 2 is 0.513 bits per heavy atom. The van der Waals surface area contributed by atoms with Gasteiger partial charge in [-0.3, -0.25) is 0 Å². The van der Waals surface area contributed by atoms with E-state index < -0.39 is 0 Å². The van der Waals surface area contributed by atoms with E-state index in [2.05, 4.69) is 285 Å². The molecule has 0 aliphatic heterocycles. The van der Waals surface area contributed by atoms with Crippen molar-refractivity contribution in [2.45, 2.75) is 0 Å². The fraction of sp³-hybridized carbons (Fsp3) is 0. The molecule has 78 heavy (non-hydrogen) atoms. The van der Waals surface area contributed by atoms with E-state index in [1.54, 1.807) is 0 Å². The first-order valence-electron chi connectivity index (χ1n) is 26.6. The molecule has 0 aliphatic rings. The Labute approximate surface area is 455 Å². The first-order chi connectivity index (χ1) is 38.7. The summed E-state index contributed by atoms with van der Waals surface area (Å²) in [6.45, 7) is 0. The fourth-order valence-corrected chi connectivity index (χ4v) is 15.2. The van der Waals surface area contributed by atoms with E-state index >= 15 is 0 Å². The van der Waals surface area contributed by atoms with Crippen LogP contribution < -0.4 is 0 Å². The predicted octanol–water partition coefficient (Wildman–Crippen LogP) is 20.5. The summed E-state index contributed by atoms with van der Waals surface area (Å²) in [4.78, 5) is 0. The zero-order chi connectivity index (χ0) is 51.0. The molecular formula is C72H44N4S2. The van der Waals surface area contributed by atoms with Crippen LogP contribution in [0.25, 0.3) is 150 Å². The molecule has 0 unspecified atom stereocenters. The van der Waals surface area contributed by atoms with Gasteiger partial charge in [-0.1, -0.05) is 158 Å². The highest BCUT2D eigenvalue weighted by atomic mass is 32.1. The van der Waals surface area contributed by atoms with Gasteiger partial charge in [0.2, 0.25) is 0 Å². The molecule has 18 rings (SSSR count). The molecule has 0 radical (unpaired) electrons. The predicted molar refractivity (Wildman–Crippen MR) is 336 cm³/mol. The molecule has 6 heterocycles. The van der Waals surface area contributed by atoms with Crippen molar-refractivity contribution < 1.29 is 0 Å². The summed E-state index contributed by atoms with van der Waals surface area (Å²) in [5.41, 5.74) is 14.6. The van der Waals surface area contributed by atoms with E-state index in [-0.39, 0.29) is 0 Å². The Morgan fingerprint density at radius 1 is 0.192 bits per heavy atom. The average molecular weight is 1030 g/mol. The second-order valence-electron chi connectivity index (χ2n) is 20.4. The lowest BCUT2D eigenvalue weighted by molar-refractivity contribution is 1.17. The molecule has 0 saturated heterocycles. The lowest BCUT2D eigenvalue weighted by Crippen LogP contribution is -1.96. The van der Waals surface area contributed by atoms with Gasteiger partial charge in [-0.25, -0.2) is 0 Å². The Bertz CT molecular complexity index is 5370. The topological polar surface area (TPSA) is 19.7 Å². The van der Waals surface area contributed by atoms with Gasteiger partial charge < -0.3 is 18.3 Å². The molecule has 18 aromatic rings. The molecule has 0 fully saturated rings. The third kappa shape index (κ3) is 6.33. The molecular weight excluding hydrogens is 985 g/mol. The van der Waals surface area contributed by atoms with E-state index in [1.165, 1.54) is 150 Å². The highest BCUT2D eigenvalue weighted by Gasteiger charge is 2.20. The van der Waals surface area contributed by atoms with Crippen LogP contribution in [0.1, 0.15) is 0 Å². The van der Waals surface area contributed by atoms with E-state index in [1.807, 2.05) is 22.7 Å². The fourth-order valence-electron chi connectivity index (χ4n) is 12.9. The lowest BCUT2D eigenvalue weighted by Gasteiger charge is -2.11. The normalized spacial score (nSPS) is 12.1. The highest BCUT2D eigenvalue weighted by Crippen LogP contribution is 2.44. The molecule has 6 aromatic heterocycles. The number of fused-ring (bicyclic) bond motifs is 18. The maximum absolute atomic E-state index is 2.46. The largest absolute Gasteiger partial charge is 0.309 e. The van der Waals surface area contributed by atoms with Gasteiger partial charge >= 0.3 is 0 Å². The minimum absolute atomic E-state index is 1.18. The van der Waals surface area contributed by atoms with Crippen LogP contribution >= 0.6 is 22.7 Å². The third-order valence-electron chi connectivity index (χ3n) is 16.2. The van der Waals surface area contributed by atoms with Gasteiger partial charge in [0.05, 0.1) is 49.8 Å². The van der Waals surface area contributed by atoms with Gasteiger partial charge in [-0.2, -0.15) is 0 Å². The van der Waals surface area contributed by atoms with Gasteiger partial charge in [0.15, 0.2) is 0 Å². The molecule has 0 spiro atoms. The highest BCUT2D eigenvalue weighted by molar-refractivity contribution is 7.26. The zero-order valence-corrected chi connectivity index (χ0v) is 43.6. The summed E-state index contributed by atoms with van der Waals surface area (Å²) in [6.07, 6.45) is 0. The van der Waals surface area contributed by atoms with Gasteiger partial charge in [-0.15, -0.1) is 22.7 Å². The summed E-state index contributed by atoms with van der Waals surface area (Å²) < 4.78 is 15.0. The number of para-hydroxylation sites is 6. The van der Waals surface area contributed by atoms with Crippen molar-refractivity contribution in [3.63, 3.8) is 0 Å². The maximum Gasteiger partial charge on any atom is 0.0555 e. The van der Waals surface area contributed by atoms with E-state index in [0.29, 0.717) is 0 Å². The molecule has 0 bridgehead atoms. The van der Waals surface area contributed by atoms with Gasteiger partial charge in [0.25, 0.3) is 0 Å². The van der Waals surface area contributed by atoms with Crippen LogP contribution in [0.2, 0.25) is 0 Å². The Morgan fingerprint density at radius 3 is 1.01 bits per heavy atom. The Hall–Kier alpha value is -9.72. The molecule has 0 atom stereocenters. The van der Waals surface area contributed by atoms with Crippen LogP contribution in [0, 0.1) is 0 Å². The van der Waals surface area contributed by atoms with Crippen LogP contribution in [0.3, 0.4) is 0 Å². The van der Waals surface area contributed by atoms with Gasteiger partial charge in [-0.05, 0) is 109 Å². The summed E-state index contributed by atoms with van der Waals surface area (Å²) >= 11 is 3.74. The van der Waals surface area contributed by atoms with Crippen molar-refractivity contribution in [3.8, 4) is 22.7 Å². The summed E-state index contributed by atoms with van der Waals surface area (Å²) in [5, 5.41) is 15.5. The molecule has 6 heteroatoms. The zero-order valence-electron chi connectivity index (χ0n) is 42.0. The Kier molecular flexibility index (Phi) is 9.42. The molecule has 364 valence electrons. The molecule has 4 nitrogen and oxygen atoms in total. The number of nitrogens with zero attached hydrogens (tertiary/aromatic N) is 4. The molecule has 0 N–H and O–H groups in total. The number of aromatic nitrogens is 4. The van der Waals surface area contributed by atoms with E-state index in [4.69, 9.17) is 0 Å². The summed E-state index contributed by atoms with van der Waals surface area (Å²) in [5.74, 6) is 0. The quantitative estimate of drug-likeness (QED) is 0.167. The smallest absolute Gasteiger partial charge is 0.0555 e. The number of benzene rings is 12. The molecule has 12 aromatic carbocycles. The monoisotopic (exact) mass is 1030 g/mol. The van der Waals surface area contributed by atoms with Crippen molar-refractivity contribution in [2.75, 3.05) is 0 Å². The van der Waals surface area contributed by atoms with Crippen molar-refractivity contribution in [1.29, 1.82) is 0 Å². The summed E-state index contributed by atoms with van der Waals surface area (Å²) in [6, 6.07) is 97.4. The van der Waals surface area contributed by atoms with E-state index in [0.717, 1.165) is 0 Å². The van der Waals surface area contributed by atoms with Crippen molar-refractivity contribution in [2.24, 2.45) is 0 Å². The van der Waals surface area contributed by atoms with Crippen LogP contribution in [0.5, 0.6) is 0 Å². The Balaban J connectivity index is 0.000000126. The van der Waals surface area contributed by atoms with Gasteiger partial charge in [0, 0.05) is 100 Å². The number of hydrogen-bond donors (Lipinski definition) is 0. The molecule has 0 aliphatic carbocycles.